The Morgan fingerprint density at radius 3 is 2.72 bits per heavy atom. The molecule has 1 aromatic carbocycles. The number of nitrogens with zero attached hydrogens (tertiary/aromatic N) is 1. The second-order valence-electron chi connectivity index (χ2n) is 4.14. The van der Waals surface area contributed by atoms with Gasteiger partial charge in [-0.05, 0) is 13.0 Å². The van der Waals surface area contributed by atoms with Gasteiger partial charge in [-0.15, -0.1) is 0 Å². The average molecular weight is 265 g/mol. The van der Waals surface area contributed by atoms with Crippen LogP contribution in [0.4, 0.5) is 0 Å². The Kier molecular flexibility index (Phi) is 3.39. The monoisotopic (exact) mass is 264 g/mol. The Bertz CT molecular complexity index is 631. The van der Waals surface area contributed by atoms with Crippen LogP contribution in [0.2, 0.25) is 5.02 Å². The molecule has 94 valence electrons. The molecular weight excluding hydrogens is 252 g/mol. The normalized spacial score (nSPS) is 10.8. The highest BCUT2D eigenvalue weighted by Crippen LogP contribution is 2.28. The van der Waals surface area contributed by atoms with Crippen LogP contribution in [0.15, 0.2) is 24.4 Å². The van der Waals surface area contributed by atoms with E-state index in [-0.39, 0.29) is 18.1 Å². The van der Waals surface area contributed by atoms with Crippen molar-refractivity contribution >= 4 is 34.2 Å². The van der Waals surface area contributed by atoms with Gasteiger partial charge in [-0.25, -0.2) is 0 Å². The maximum absolute atomic E-state index is 11.6. The van der Waals surface area contributed by atoms with Gasteiger partial charge in [-0.3, -0.25) is 9.59 Å². The fourth-order valence-corrected chi connectivity index (χ4v) is 2.29. The number of carbonyl (C=O) groups is 2. The minimum atomic E-state index is -0.381. The molecule has 0 aliphatic heterocycles. The summed E-state index contributed by atoms with van der Waals surface area (Å²) < 4.78 is 1.80. The van der Waals surface area contributed by atoms with Gasteiger partial charge in [0.1, 0.15) is 0 Å². The van der Waals surface area contributed by atoms with E-state index < -0.39 is 0 Å². The third-order valence-electron chi connectivity index (χ3n) is 2.83. The first-order valence-corrected chi connectivity index (χ1v) is 5.95. The number of amides is 1. The molecule has 0 spiro atoms. The molecule has 1 aromatic heterocycles. The van der Waals surface area contributed by atoms with Gasteiger partial charge >= 0.3 is 0 Å². The molecule has 2 rings (SSSR count). The second-order valence-corrected chi connectivity index (χ2v) is 4.55. The van der Waals surface area contributed by atoms with Crippen LogP contribution < -0.4 is 5.73 Å². The number of ketones is 1. The first-order valence-electron chi connectivity index (χ1n) is 5.57. The fourth-order valence-electron chi connectivity index (χ4n) is 2.00. The van der Waals surface area contributed by atoms with E-state index in [9.17, 15) is 9.59 Å². The lowest BCUT2D eigenvalue weighted by Crippen LogP contribution is -2.13. The Morgan fingerprint density at radius 1 is 1.39 bits per heavy atom. The molecule has 18 heavy (non-hydrogen) atoms. The number of Topliss-reactive ketones (excluding diaryl/α,β-unsaturated/α-hetero) is 1. The number of aromatic nitrogens is 1. The third kappa shape index (κ3) is 2.24. The van der Waals surface area contributed by atoms with Crippen molar-refractivity contribution in [2.45, 2.75) is 19.9 Å². The molecular formula is C13H13ClN2O2. The number of rotatable bonds is 4. The van der Waals surface area contributed by atoms with Crippen LogP contribution in [0.3, 0.4) is 0 Å². The van der Waals surface area contributed by atoms with E-state index in [4.69, 9.17) is 17.3 Å². The van der Waals surface area contributed by atoms with E-state index in [0.29, 0.717) is 17.1 Å². The summed E-state index contributed by atoms with van der Waals surface area (Å²) in [7, 11) is 0. The van der Waals surface area contributed by atoms with Crippen LogP contribution in [0.25, 0.3) is 10.9 Å². The Hall–Kier alpha value is -1.81. The van der Waals surface area contributed by atoms with Gasteiger partial charge in [-0.2, -0.15) is 0 Å². The topological polar surface area (TPSA) is 65.1 Å². The van der Waals surface area contributed by atoms with Gasteiger partial charge in [0.05, 0.1) is 10.5 Å². The molecule has 2 aromatic rings. The summed E-state index contributed by atoms with van der Waals surface area (Å²) in [5.74, 6) is -0.409. The summed E-state index contributed by atoms with van der Waals surface area (Å²) in [5, 5.41) is 1.36. The van der Waals surface area contributed by atoms with Crippen molar-refractivity contribution in [2.24, 2.45) is 5.73 Å². The molecule has 0 aliphatic rings. The minimum absolute atomic E-state index is 0.0277. The molecule has 0 atom stereocenters. The van der Waals surface area contributed by atoms with Crippen molar-refractivity contribution in [1.29, 1.82) is 0 Å². The van der Waals surface area contributed by atoms with Crippen LogP contribution in [-0.2, 0) is 11.3 Å². The number of hydrogen-bond acceptors (Lipinski definition) is 2. The number of aryl methyl sites for hydroxylation is 1. The summed E-state index contributed by atoms with van der Waals surface area (Å²) in [4.78, 5) is 22.4. The van der Waals surface area contributed by atoms with E-state index >= 15 is 0 Å². The zero-order chi connectivity index (χ0) is 13.3. The minimum Gasteiger partial charge on any atom is -0.370 e. The zero-order valence-electron chi connectivity index (χ0n) is 9.94. The molecule has 0 saturated carbocycles. The van der Waals surface area contributed by atoms with Crippen molar-refractivity contribution in [1.82, 2.24) is 4.57 Å². The lowest BCUT2D eigenvalue weighted by atomic mass is 10.1. The fraction of sp³-hybridized carbons (Fsp3) is 0.231. The van der Waals surface area contributed by atoms with Crippen molar-refractivity contribution in [2.75, 3.05) is 0 Å². The smallest absolute Gasteiger partial charge is 0.219 e. The highest BCUT2D eigenvalue weighted by molar-refractivity contribution is 6.35. The van der Waals surface area contributed by atoms with Crippen LogP contribution >= 0.6 is 11.6 Å². The predicted molar refractivity (Wildman–Crippen MR) is 70.8 cm³/mol. The molecule has 0 radical (unpaired) electrons. The van der Waals surface area contributed by atoms with Crippen molar-refractivity contribution < 1.29 is 9.59 Å². The first kappa shape index (κ1) is 12.6. The first-order chi connectivity index (χ1) is 8.50. The van der Waals surface area contributed by atoms with Gasteiger partial charge in [0.2, 0.25) is 5.91 Å². The number of carbonyl (C=O) groups excluding carboxylic acids is 2. The number of fused-ring (bicyclic) bond motifs is 1. The molecule has 0 bridgehead atoms. The van der Waals surface area contributed by atoms with Gasteiger partial charge in [-0.1, -0.05) is 23.7 Å². The molecule has 4 nitrogen and oxygen atoms in total. The number of halogens is 1. The SMILES string of the molecule is CC(=O)c1cn(CCC(N)=O)c2c(Cl)cccc12. The average Bonchev–Trinajstić information content (AvgIpc) is 2.67. The standard InChI is InChI=1S/C13H13ClN2O2/c1-8(17)10-7-16(6-5-12(15)18)13-9(10)3-2-4-11(13)14/h2-4,7H,5-6H2,1H3,(H2,15,18). The van der Waals surface area contributed by atoms with Crippen LogP contribution in [0, 0.1) is 0 Å². The van der Waals surface area contributed by atoms with Crippen molar-refractivity contribution in [3.63, 3.8) is 0 Å². The summed E-state index contributed by atoms with van der Waals surface area (Å²) >= 11 is 6.15. The number of para-hydroxylation sites is 1. The lowest BCUT2D eigenvalue weighted by molar-refractivity contribution is -0.118. The second kappa shape index (κ2) is 4.82. The molecule has 0 fully saturated rings. The Morgan fingerprint density at radius 2 is 2.11 bits per heavy atom. The number of primary amides is 1. The van der Waals surface area contributed by atoms with E-state index in [1.807, 2.05) is 6.07 Å². The molecule has 5 heteroatoms. The highest BCUT2D eigenvalue weighted by atomic mass is 35.5. The summed E-state index contributed by atoms with van der Waals surface area (Å²) in [5.41, 5.74) is 6.51. The van der Waals surface area contributed by atoms with E-state index in [1.165, 1.54) is 6.92 Å². The largest absolute Gasteiger partial charge is 0.370 e. The van der Waals surface area contributed by atoms with Crippen LogP contribution in [0.5, 0.6) is 0 Å². The predicted octanol–water partition coefficient (Wildman–Crippen LogP) is 2.37. The zero-order valence-corrected chi connectivity index (χ0v) is 10.7. The van der Waals surface area contributed by atoms with Gasteiger partial charge in [0.25, 0.3) is 0 Å². The third-order valence-corrected chi connectivity index (χ3v) is 3.13. The summed E-state index contributed by atoms with van der Waals surface area (Å²) in [6, 6.07) is 5.41. The van der Waals surface area contributed by atoms with Gasteiger partial charge in [0, 0.05) is 30.1 Å². The highest BCUT2D eigenvalue weighted by Gasteiger charge is 2.14. The van der Waals surface area contributed by atoms with Gasteiger partial charge < -0.3 is 10.3 Å². The summed E-state index contributed by atoms with van der Waals surface area (Å²) in [6.45, 7) is 1.93. The van der Waals surface area contributed by atoms with Crippen LogP contribution in [-0.4, -0.2) is 16.3 Å². The van der Waals surface area contributed by atoms with E-state index in [2.05, 4.69) is 0 Å². The van der Waals surface area contributed by atoms with E-state index in [1.54, 1.807) is 22.9 Å². The Labute approximate surface area is 109 Å². The number of nitrogens with two attached hydrogens (primary N) is 1. The number of benzene rings is 1. The Balaban J connectivity index is 2.58. The van der Waals surface area contributed by atoms with Crippen molar-refractivity contribution in [3.05, 3.63) is 35.0 Å². The maximum atomic E-state index is 11.6. The molecule has 2 N–H and O–H groups in total. The van der Waals surface area contributed by atoms with Gasteiger partial charge in [0.15, 0.2) is 5.78 Å². The number of hydrogen-bond donors (Lipinski definition) is 1. The molecule has 0 aliphatic carbocycles. The summed E-state index contributed by atoms with van der Waals surface area (Å²) in [6.07, 6.45) is 1.94. The molecule has 0 unspecified atom stereocenters. The van der Waals surface area contributed by atoms with Crippen LogP contribution in [0.1, 0.15) is 23.7 Å². The maximum Gasteiger partial charge on any atom is 0.219 e. The molecule has 1 heterocycles. The molecule has 0 saturated heterocycles. The quantitative estimate of drug-likeness (QED) is 0.862. The van der Waals surface area contributed by atoms with E-state index in [0.717, 1.165) is 10.9 Å². The lowest BCUT2D eigenvalue weighted by Gasteiger charge is -2.04. The molecule has 1 amide bonds. The van der Waals surface area contributed by atoms with Crippen molar-refractivity contribution in [3.8, 4) is 0 Å².